The topological polar surface area (TPSA) is 12.0 Å². The Balaban J connectivity index is 1.86. The van der Waals surface area contributed by atoms with Crippen molar-refractivity contribution in [1.29, 1.82) is 0 Å². The fraction of sp³-hybridized carbons (Fsp3) is 0.625. The number of nitrogens with one attached hydrogen (secondary N) is 1. The monoisotopic (exact) mass is 343 g/mol. The molecule has 0 amide bonds. The fourth-order valence-corrected chi connectivity index (χ4v) is 3.96. The van der Waals surface area contributed by atoms with E-state index in [0.717, 1.165) is 37.6 Å². The summed E-state index contributed by atoms with van der Waals surface area (Å²) < 4.78 is 28.2. The molecule has 3 rings (SSSR count). The molecule has 0 saturated heterocycles. The number of benzene rings is 1. The van der Waals surface area contributed by atoms with Crippen LogP contribution < -0.4 is 5.32 Å². The first-order chi connectivity index (χ1) is 9.60. The van der Waals surface area contributed by atoms with E-state index < -0.39 is 0 Å². The highest BCUT2D eigenvalue weighted by molar-refractivity contribution is 9.10. The molecule has 0 aliphatic heterocycles. The normalized spacial score (nSPS) is 29.3. The minimum Gasteiger partial charge on any atom is -0.310 e. The van der Waals surface area contributed by atoms with Gasteiger partial charge in [-0.15, -0.1) is 0 Å². The number of rotatable bonds is 5. The van der Waals surface area contributed by atoms with E-state index in [1.54, 1.807) is 0 Å². The lowest BCUT2D eigenvalue weighted by molar-refractivity contribution is 0.332. The van der Waals surface area contributed by atoms with Crippen molar-refractivity contribution < 1.29 is 8.78 Å². The lowest BCUT2D eigenvalue weighted by Gasteiger charge is -2.27. The Bertz CT molecular complexity index is 495. The number of fused-ring (bicyclic) bond motifs is 1. The number of halogens is 3. The average Bonchev–Trinajstić information content (AvgIpc) is 3.02. The summed E-state index contributed by atoms with van der Waals surface area (Å²) >= 11 is 3.05. The van der Waals surface area contributed by atoms with Crippen LogP contribution in [0.2, 0.25) is 0 Å². The lowest BCUT2D eigenvalue weighted by Crippen LogP contribution is -2.29. The second kappa shape index (κ2) is 5.72. The average molecular weight is 344 g/mol. The van der Waals surface area contributed by atoms with Gasteiger partial charge >= 0.3 is 0 Å². The number of hydrogen-bond acceptors (Lipinski definition) is 1. The van der Waals surface area contributed by atoms with Crippen LogP contribution in [0, 0.1) is 29.4 Å². The summed E-state index contributed by atoms with van der Waals surface area (Å²) in [5, 5.41) is 3.43. The van der Waals surface area contributed by atoms with E-state index in [-0.39, 0.29) is 22.1 Å². The SMILES string of the molecule is CCCNC(c1cc(F)c(Br)cc1F)C1CC2CC2C1. The third kappa shape index (κ3) is 2.77. The van der Waals surface area contributed by atoms with E-state index in [1.807, 2.05) is 0 Å². The minimum absolute atomic E-state index is 0.0506. The second-order valence-corrected chi connectivity index (χ2v) is 7.06. The molecule has 2 aliphatic carbocycles. The molecule has 0 aromatic heterocycles. The predicted octanol–water partition coefficient (Wildman–Crippen LogP) is 4.81. The quantitative estimate of drug-likeness (QED) is 0.756. The zero-order valence-electron chi connectivity index (χ0n) is 11.6. The van der Waals surface area contributed by atoms with Gasteiger partial charge in [0.15, 0.2) is 0 Å². The van der Waals surface area contributed by atoms with Gasteiger partial charge < -0.3 is 5.32 Å². The maximum Gasteiger partial charge on any atom is 0.137 e. The van der Waals surface area contributed by atoms with Crippen molar-refractivity contribution >= 4 is 15.9 Å². The summed E-state index contributed by atoms with van der Waals surface area (Å²) in [5.74, 6) is 1.43. The van der Waals surface area contributed by atoms with Crippen molar-refractivity contribution in [3.05, 3.63) is 33.8 Å². The summed E-state index contributed by atoms with van der Waals surface area (Å²) in [4.78, 5) is 0. The Hall–Kier alpha value is -0.480. The van der Waals surface area contributed by atoms with Gasteiger partial charge in [0.25, 0.3) is 0 Å². The molecule has 2 aliphatic rings. The maximum absolute atomic E-state index is 14.2. The zero-order chi connectivity index (χ0) is 14.3. The summed E-state index contributed by atoms with van der Waals surface area (Å²) in [5.41, 5.74) is 0.491. The van der Waals surface area contributed by atoms with Gasteiger partial charge in [-0.1, -0.05) is 6.92 Å². The highest BCUT2D eigenvalue weighted by Crippen LogP contribution is 2.57. The van der Waals surface area contributed by atoms with Crippen molar-refractivity contribution in [2.24, 2.45) is 17.8 Å². The molecule has 1 N–H and O–H groups in total. The summed E-state index contributed by atoms with van der Waals surface area (Å²) in [6, 6.07) is 2.56. The van der Waals surface area contributed by atoms with Gasteiger partial charge in [-0.2, -0.15) is 0 Å². The van der Waals surface area contributed by atoms with Gasteiger partial charge in [0.1, 0.15) is 11.6 Å². The zero-order valence-corrected chi connectivity index (χ0v) is 13.2. The Morgan fingerprint density at radius 3 is 2.55 bits per heavy atom. The molecule has 0 radical (unpaired) electrons. The van der Waals surface area contributed by atoms with E-state index in [2.05, 4.69) is 28.2 Å². The van der Waals surface area contributed by atoms with Gasteiger partial charge in [0.2, 0.25) is 0 Å². The number of hydrogen-bond donors (Lipinski definition) is 1. The second-order valence-electron chi connectivity index (χ2n) is 6.21. The van der Waals surface area contributed by atoms with Gasteiger partial charge in [-0.05, 0) is 78.0 Å². The third-order valence-electron chi connectivity index (χ3n) is 4.74. The molecule has 3 atom stereocenters. The fourth-order valence-electron chi connectivity index (χ4n) is 3.64. The van der Waals surface area contributed by atoms with Crippen molar-refractivity contribution in [3.8, 4) is 0 Å². The van der Waals surface area contributed by atoms with Crippen LogP contribution in [-0.4, -0.2) is 6.54 Å². The summed E-state index contributed by atoms with van der Waals surface area (Å²) in [6.07, 6.45) is 4.65. The molecule has 2 fully saturated rings. The summed E-state index contributed by atoms with van der Waals surface area (Å²) in [7, 11) is 0. The predicted molar refractivity (Wildman–Crippen MR) is 79.4 cm³/mol. The minimum atomic E-state index is -0.382. The molecule has 1 aromatic carbocycles. The first kappa shape index (κ1) is 14.5. The molecule has 0 bridgehead atoms. The first-order valence-corrected chi connectivity index (χ1v) is 8.27. The van der Waals surface area contributed by atoms with Crippen molar-refractivity contribution in [2.75, 3.05) is 6.54 Å². The Kier molecular flexibility index (Phi) is 4.14. The van der Waals surface area contributed by atoms with Gasteiger partial charge in [0, 0.05) is 11.6 Å². The molecule has 4 heteroatoms. The van der Waals surface area contributed by atoms with E-state index >= 15 is 0 Å². The standard InChI is InChI=1S/C16H20BrF2N/c1-2-3-20-16(11-5-9-4-10(9)6-11)12-7-15(19)13(17)8-14(12)18/h7-11,16,20H,2-6H2,1H3. The van der Waals surface area contributed by atoms with Crippen LogP contribution >= 0.6 is 15.9 Å². The smallest absolute Gasteiger partial charge is 0.137 e. The van der Waals surface area contributed by atoms with Crippen molar-refractivity contribution in [1.82, 2.24) is 5.32 Å². The molecular formula is C16H20BrF2N. The van der Waals surface area contributed by atoms with E-state index in [1.165, 1.54) is 18.6 Å². The van der Waals surface area contributed by atoms with Gasteiger partial charge in [-0.25, -0.2) is 8.78 Å². The lowest BCUT2D eigenvalue weighted by atomic mass is 9.88. The first-order valence-electron chi connectivity index (χ1n) is 7.48. The van der Waals surface area contributed by atoms with Crippen LogP contribution in [0.5, 0.6) is 0 Å². The van der Waals surface area contributed by atoms with Crippen LogP contribution in [0.3, 0.4) is 0 Å². The molecule has 3 unspecified atom stereocenters. The van der Waals surface area contributed by atoms with Crippen LogP contribution in [0.25, 0.3) is 0 Å². The molecule has 20 heavy (non-hydrogen) atoms. The largest absolute Gasteiger partial charge is 0.310 e. The van der Waals surface area contributed by atoms with Crippen molar-refractivity contribution in [3.63, 3.8) is 0 Å². The van der Waals surface area contributed by atoms with Gasteiger partial charge in [-0.3, -0.25) is 0 Å². The molecule has 2 saturated carbocycles. The van der Waals surface area contributed by atoms with Crippen LogP contribution in [0.1, 0.15) is 44.2 Å². The molecule has 0 spiro atoms. The third-order valence-corrected chi connectivity index (χ3v) is 5.35. The Labute approximate surface area is 127 Å². The molecule has 110 valence electrons. The summed E-state index contributed by atoms with van der Waals surface area (Å²) in [6.45, 7) is 2.93. The molecular weight excluding hydrogens is 324 g/mol. The van der Waals surface area contributed by atoms with Crippen LogP contribution in [-0.2, 0) is 0 Å². The Morgan fingerprint density at radius 1 is 1.20 bits per heavy atom. The molecule has 1 nitrogen and oxygen atoms in total. The highest BCUT2D eigenvalue weighted by Gasteiger charge is 2.48. The maximum atomic E-state index is 14.2. The highest BCUT2D eigenvalue weighted by atomic mass is 79.9. The Morgan fingerprint density at radius 2 is 1.90 bits per heavy atom. The van der Waals surface area contributed by atoms with Gasteiger partial charge in [0.05, 0.1) is 4.47 Å². The van der Waals surface area contributed by atoms with Crippen molar-refractivity contribution in [2.45, 2.75) is 38.6 Å². The van der Waals surface area contributed by atoms with Crippen LogP contribution in [0.4, 0.5) is 8.78 Å². The van der Waals surface area contributed by atoms with Crippen LogP contribution in [0.15, 0.2) is 16.6 Å². The molecule has 1 aromatic rings. The van der Waals surface area contributed by atoms with E-state index in [4.69, 9.17) is 0 Å². The molecule has 0 heterocycles. The van der Waals surface area contributed by atoms with E-state index in [9.17, 15) is 8.78 Å². The van der Waals surface area contributed by atoms with E-state index in [0.29, 0.717) is 11.5 Å².